The average Bonchev–Trinajstić information content (AvgIpc) is 2.08. The summed E-state index contributed by atoms with van der Waals surface area (Å²) in [5, 5.41) is 9.28. The number of rotatable bonds is 3. The molecule has 14 heavy (non-hydrogen) atoms. The molecule has 3 nitrogen and oxygen atoms in total. The number of likely N-dealkylation sites (N-methyl/N-ethyl adjacent to an activating group) is 1. The van der Waals surface area contributed by atoms with E-state index in [-0.39, 0.29) is 6.54 Å². The van der Waals surface area contributed by atoms with E-state index in [0.29, 0.717) is 5.02 Å². The van der Waals surface area contributed by atoms with Crippen LogP contribution < -0.4 is 4.90 Å². The van der Waals surface area contributed by atoms with E-state index < -0.39 is 5.97 Å². The van der Waals surface area contributed by atoms with E-state index in [1.807, 2.05) is 19.1 Å². The Labute approximate surface area is 87.9 Å². The number of anilines is 1. The summed E-state index contributed by atoms with van der Waals surface area (Å²) in [5.74, 6) is -0.855. The summed E-state index contributed by atoms with van der Waals surface area (Å²) in [7, 11) is 1.73. The van der Waals surface area contributed by atoms with Crippen molar-refractivity contribution >= 4 is 23.3 Å². The molecule has 0 aliphatic rings. The molecular weight excluding hydrogens is 202 g/mol. The predicted molar refractivity (Wildman–Crippen MR) is 57.1 cm³/mol. The van der Waals surface area contributed by atoms with Gasteiger partial charge in [-0.15, -0.1) is 0 Å². The quantitative estimate of drug-likeness (QED) is 0.837. The largest absolute Gasteiger partial charge is 0.480 e. The van der Waals surface area contributed by atoms with Gasteiger partial charge in [0.2, 0.25) is 0 Å². The normalized spacial score (nSPS) is 9.93. The number of carbonyl (C=O) groups is 1. The number of carboxylic acids is 1. The molecular formula is C10H12ClNO2. The van der Waals surface area contributed by atoms with Crippen molar-refractivity contribution in [2.45, 2.75) is 6.92 Å². The molecule has 0 aromatic heterocycles. The van der Waals surface area contributed by atoms with Gasteiger partial charge in [-0.2, -0.15) is 0 Å². The summed E-state index contributed by atoms with van der Waals surface area (Å²) in [6.07, 6.45) is 0. The van der Waals surface area contributed by atoms with Gasteiger partial charge in [0.25, 0.3) is 0 Å². The number of carboxylic acid groups (broad SMARTS) is 1. The van der Waals surface area contributed by atoms with Crippen molar-refractivity contribution in [3.8, 4) is 0 Å². The molecule has 0 saturated heterocycles. The van der Waals surface area contributed by atoms with Gasteiger partial charge in [-0.3, -0.25) is 4.79 Å². The van der Waals surface area contributed by atoms with Gasteiger partial charge in [-0.05, 0) is 24.6 Å². The molecule has 4 heteroatoms. The molecule has 0 heterocycles. The van der Waals surface area contributed by atoms with Gasteiger partial charge in [0.05, 0.1) is 0 Å². The molecule has 0 radical (unpaired) electrons. The van der Waals surface area contributed by atoms with Gasteiger partial charge in [0, 0.05) is 17.8 Å². The highest BCUT2D eigenvalue weighted by molar-refractivity contribution is 6.31. The average molecular weight is 214 g/mol. The highest BCUT2D eigenvalue weighted by Gasteiger charge is 2.09. The number of aliphatic carboxylic acids is 1. The van der Waals surface area contributed by atoms with Gasteiger partial charge in [-0.1, -0.05) is 17.7 Å². The van der Waals surface area contributed by atoms with Crippen LogP contribution in [0.2, 0.25) is 5.02 Å². The highest BCUT2D eigenvalue weighted by atomic mass is 35.5. The molecule has 1 aromatic rings. The predicted octanol–water partition coefficient (Wildman–Crippen LogP) is 2.17. The standard InChI is InChI=1S/C10H12ClNO2/c1-7-8(11)4-3-5-9(7)12(2)6-10(13)14/h3-5H,6H2,1-2H3,(H,13,14). The molecule has 0 aliphatic heterocycles. The second kappa shape index (κ2) is 4.33. The smallest absolute Gasteiger partial charge is 0.323 e. The third kappa shape index (κ3) is 2.39. The van der Waals surface area contributed by atoms with Crippen molar-refractivity contribution in [3.05, 3.63) is 28.8 Å². The molecule has 0 spiro atoms. The first-order valence-electron chi connectivity index (χ1n) is 4.20. The Morgan fingerprint density at radius 3 is 2.79 bits per heavy atom. The maximum Gasteiger partial charge on any atom is 0.323 e. The molecule has 76 valence electrons. The minimum absolute atomic E-state index is 0.0266. The number of nitrogens with zero attached hydrogens (tertiary/aromatic N) is 1. The lowest BCUT2D eigenvalue weighted by Gasteiger charge is -2.19. The fraction of sp³-hybridized carbons (Fsp3) is 0.300. The summed E-state index contributed by atoms with van der Waals surface area (Å²) in [6, 6.07) is 5.45. The van der Waals surface area contributed by atoms with Crippen LogP contribution in [0.4, 0.5) is 5.69 Å². The second-order valence-electron chi connectivity index (χ2n) is 3.13. The molecule has 0 aliphatic carbocycles. The lowest BCUT2D eigenvalue weighted by Crippen LogP contribution is -2.25. The number of hydrogen-bond acceptors (Lipinski definition) is 2. The van der Waals surface area contributed by atoms with Crippen molar-refractivity contribution in [2.75, 3.05) is 18.5 Å². The van der Waals surface area contributed by atoms with E-state index in [1.165, 1.54) is 0 Å². The number of hydrogen-bond donors (Lipinski definition) is 1. The summed E-state index contributed by atoms with van der Waals surface area (Å²) >= 11 is 5.92. The van der Waals surface area contributed by atoms with Crippen LogP contribution in [0.1, 0.15) is 5.56 Å². The van der Waals surface area contributed by atoms with Crippen LogP contribution in [0.15, 0.2) is 18.2 Å². The maximum atomic E-state index is 10.5. The molecule has 0 fully saturated rings. The summed E-state index contributed by atoms with van der Waals surface area (Å²) in [4.78, 5) is 12.2. The zero-order chi connectivity index (χ0) is 10.7. The number of halogens is 1. The van der Waals surface area contributed by atoms with Crippen LogP contribution in [0.5, 0.6) is 0 Å². The molecule has 0 unspecified atom stereocenters. The Bertz CT molecular complexity index is 352. The molecule has 0 bridgehead atoms. The van der Waals surface area contributed by atoms with Gasteiger partial charge >= 0.3 is 5.97 Å². The maximum absolute atomic E-state index is 10.5. The Morgan fingerprint density at radius 1 is 1.57 bits per heavy atom. The van der Waals surface area contributed by atoms with Gasteiger partial charge in [-0.25, -0.2) is 0 Å². The zero-order valence-electron chi connectivity index (χ0n) is 8.12. The topological polar surface area (TPSA) is 40.5 Å². The molecule has 0 saturated carbocycles. The molecule has 1 N–H and O–H groups in total. The third-order valence-electron chi connectivity index (χ3n) is 2.02. The van der Waals surface area contributed by atoms with Gasteiger partial charge in [0.15, 0.2) is 0 Å². The molecule has 1 rings (SSSR count). The van der Waals surface area contributed by atoms with Crippen molar-refractivity contribution in [1.82, 2.24) is 0 Å². The Hall–Kier alpha value is -1.22. The van der Waals surface area contributed by atoms with E-state index in [0.717, 1.165) is 11.3 Å². The van der Waals surface area contributed by atoms with E-state index in [4.69, 9.17) is 16.7 Å². The minimum atomic E-state index is -0.855. The van der Waals surface area contributed by atoms with E-state index in [2.05, 4.69) is 0 Å². The monoisotopic (exact) mass is 213 g/mol. The summed E-state index contributed by atoms with van der Waals surface area (Å²) in [5.41, 5.74) is 1.75. The first-order chi connectivity index (χ1) is 6.52. The minimum Gasteiger partial charge on any atom is -0.480 e. The molecule has 0 amide bonds. The van der Waals surface area contributed by atoms with Crippen molar-refractivity contribution < 1.29 is 9.90 Å². The van der Waals surface area contributed by atoms with Gasteiger partial charge in [0.1, 0.15) is 6.54 Å². The Kier molecular flexibility index (Phi) is 3.36. The van der Waals surface area contributed by atoms with E-state index in [1.54, 1.807) is 18.0 Å². The van der Waals surface area contributed by atoms with Crippen molar-refractivity contribution in [1.29, 1.82) is 0 Å². The fourth-order valence-corrected chi connectivity index (χ4v) is 1.47. The Balaban J connectivity index is 2.95. The first kappa shape index (κ1) is 10.9. The molecule has 1 aromatic carbocycles. The van der Waals surface area contributed by atoms with Crippen LogP contribution in [-0.4, -0.2) is 24.7 Å². The fourth-order valence-electron chi connectivity index (χ4n) is 1.30. The van der Waals surface area contributed by atoms with Crippen LogP contribution >= 0.6 is 11.6 Å². The lowest BCUT2D eigenvalue weighted by atomic mass is 10.2. The van der Waals surface area contributed by atoms with Crippen molar-refractivity contribution in [2.24, 2.45) is 0 Å². The van der Waals surface area contributed by atoms with Gasteiger partial charge < -0.3 is 10.0 Å². The third-order valence-corrected chi connectivity index (χ3v) is 2.43. The highest BCUT2D eigenvalue weighted by Crippen LogP contribution is 2.25. The Morgan fingerprint density at radius 2 is 2.21 bits per heavy atom. The van der Waals surface area contributed by atoms with Crippen LogP contribution in [-0.2, 0) is 4.79 Å². The zero-order valence-corrected chi connectivity index (χ0v) is 8.88. The van der Waals surface area contributed by atoms with Crippen LogP contribution in [0.25, 0.3) is 0 Å². The molecule has 0 atom stereocenters. The SMILES string of the molecule is Cc1c(Cl)cccc1N(C)CC(=O)O. The summed E-state index contributed by atoms with van der Waals surface area (Å²) < 4.78 is 0. The number of benzene rings is 1. The van der Waals surface area contributed by atoms with Crippen LogP contribution in [0, 0.1) is 6.92 Å². The van der Waals surface area contributed by atoms with Crippen LogP contribution in [0.3, 0.4) is 0 Å². The van der Waals surface area contributed by atoms with E-state index >= 15 is 0 Å². The van der Waals surface area contributed by atoms with Crippen molar-refractivity contribution in [3.63, 3.8) is 0 Å². The first-order valence-corrected chi connectivity index (χ1v) is 4.58. The lowest BCUT2D eigenvalue weighted by molar-refractivity contribution is -0.135. The summed E-state index contributed by atoms with van der Waals surface area (Å²) in [6.45, 7) is 1.84. The van der Waals surface area contributed by atoms with E-state index in [9.17, 15) is 4.79 Å². The second-order valence-corrected chi connectivity index (χ2v) is 3.54.